The highest BCUT2D eigenvalue weighted by Gasteiger charge is 2.44. The number of nitrogens with two attached hydrogens (primary N) is 1. The fourth-order valence-corrected chi connectivity index (χ4v) is 9.52. The quantitative estimate of drug-likeness (QED) is 0.338. The van der Waals surface area contributed by atoms with Crippen LogP contribution in [-0.2, 0) is 21.9 Å². The van der Waals surface area contributed by atoms with Crippen molar-refractivity contribution in [2.75, 3.05) is 24.6 Å². The molecule has 0 aromatic heterocycles. The Morgan fingerprint density at radius 2 is 1.98 bits per heavy atom. The van der Waals surface area contributed by atoms with Crippen molar-refractivity contribution in [1.82, 2.24) is 0 Å². The van der Waals surface area contributed by atoms with Crippen molar-refractivity contribution in [1.29, 1.82) is 0 Å². The monoisotopic (exact) mass is 628 g/mol. The summed E-state index contributed by atoms with van der Waals surface area (Å²) in [5.41, 5.74) is 3.23. The molecule has 6 atom stereocenters. The topological polar surface area (TPSA) is 130 Å². The first kappa shape index (κ1) is 30.4. The predicted molar refractivity (Wildman–Crippen MR) is 167 cm³/mol. The molecule has 2 fully saturated rings. The molecule has 0 amide bonds. The zero-order valence-corrected chi connectivity index (χ0v) is 25.9. The van der Waals surface area contributed by atoms with Crippen LogP contribution >= 0.6 is 11.6 Å². The number of hydrogen-bond donors (Lipinski definition) is 3. The van der Waals surface area contributed by atoms with E-state index in [2.05, 4.69) is 17.0 Å². The minimum absolute atomic E-state index is 0.00267. The lowest BCUT2D eigenvalue weighted by Crippen LogP contribution is -2.49. The number of primary sulfonamides is 1. The number of ether oxygens (including phenoxy) is 1. The second-order valence-corrected chi connectivity index (χ2v) is 15.3. The number of halogens is 1. The maximum atomic E-state index is 12.0. The zero-order chi connectivity index (χ0) is 30.4. The van der Waals surface area contributed by atoms with Gasteiger partial charge in [-0.1, -0.05) is 36.2 Å². The van der Waals surface area contributed by atoms with Crippen LogP contribution in [0.3, 0.4) is 0 Å². The number of nitrogens with zero attached hydrogens (tertiary/aromatic N) is 1. The first-order chi connectivity index (χ1) is 20.5. The number of carboxylic acids is 1. The standard InChI is InChI=1S/C33H41ClN2O6S/c34-25-11-13-27-22(16-25)6-3-15-33(27)19-36(28-17-23(32(38)39)10-14-30(28)42-20-33)18-24-9-12-26(24)29(37)7-1-4-21-5-2-8-31(21)43(35,40)41/h1,7,10-11,13-14,16-17,21,24,26,29,31,37H,2-6,8-9,12,15,18-20H2,(H,38,39)(H2,35,40,41)/b7-1+/t21-,24-,26+,29?,31+,33-/m0/s1. The van der Waals surface area contributed by atoms with Crippen molar-refractivity contribution in [2.24, 2.45) is 22.9 Å². The normalized spacial score (nSPS) is 29.4. The maximum absolute atomic E-state index is 12.0. The number of fused-ring (bicyclic) bond motifs is 3. The lowest BCUT2D eigenvalue weighted by Gasteiger charge is -2.45. The van der Waals surface area contributed by atoms with E-state index < -0.39 is 27.3 Å². The first-order valence-electron chi connectivity index (χ1n) is 15.4. The van der Waals surface area contributed by atoms with Gasteiger partial charge in [-0.05, 0) is 111 Å². The number of benzene rings is 2. The highest BCUT2D eigenvalue weighted by atomic mass is 35.5. The summed E-state index contributed by atoms with van der Waals surface area (Å²) in [5.74, 6) is -0.0173. The van der Waals surface area contributed by atoms with E-state index >= 15 is 0 Å². The SMILES string of the molecule is NS(=O)(=O)[C@@H]1CCC[C@@H]1C/C=C/C(O)[C@@H]1CC[C@H]1CN1C[C@@]2(CCCc3cc(Cl)ccc32)COc2ccc(C(=O)O)cc21. The van der Waals surface area contributed by atoms with Gasteiger partial charge in [-0.3, -0.25) is 0 Å². The second kappa shape index (κ2) is 12.1. The largest absolute Gasteiger partial charge is 0.490 e. The van der Waals surface area contributed by atoms with Crippen LogP contribution in [0.2, 0.25) is 5.02 Å². The smallest absolute Gasteiger partial charge is 0.335 e. The average Bonchev–Trinajstić information content (AvgIpc) is 3.37. The molecule has 4 N–H and O–H groups in total. The maximum Gasteiger partial charge on any atom is 0.335 e. The van der Waals surface area contributed by atoms with Crippen LogP contribution in [-0.4, -0.2) is 55.7 Å². The molecule has 2 saturated carbocycles. The number of aryl methyl sites for hydroxylation is 1. The van der Waals surface area contributed by atoms with Gasteiger partial charge in [-0.15, -0.1) is 0 Å². The van der Waals surface area contributed by atoms with Crippen LogP contribution in [0, 0.1) is 17.8 Å². The fraction of sp³-hybridized carbons (Fsp3) is 0.545. The van der Waals surface area contributed by atoms with Gasteiger partial charge < -0.3 is 19.8 Å². The molecule has 10 heteroatoms. The number of carboxylic acid groups (broad SMARTS) is 1. The summed E-state index contributed by atoms with van der Waals surface area (Å²) in [7, 11) is -3.56. The number of aromatic carboxylic acids is 1. The average molecular weight is 629 g/mol. The molecule has 0 saturated heterocycles. The second-order valence-electron chi connectivity index (χ2n) is 13.1. The summed E-state index contributed by atoms with van der Waals surface area (Å²) in [4.78, 5) is 14.2. The number of hydrogen-bond acceptors (Lipinski definition) is 6. The summed E-state index contributed by atoms with van der Waals surface area (Å²) >= 11 is 6.37. The minimum Gasteiger partial charge on any atom is -0.490 e. The molecule has 1 aliphatic heterocycles. The number of carbonyl (C=O) groups is 1. The lowest BCUT2D eigenvalue weighted by atomic mass is 9.68. The summed E-state index contributed by atoms with van der Waals surface area (Å²) in [5, 5.41) is 26.6. The molecule has 232 valence electrons. The van der Waals surface area contributed by atoms with Crippen LogP contribution in [0.4, 0.5) is 5.69 Å². The van der Waals surface area contributed by atoms with Crippen LogP contribution in [0.1, 0.15) is 72.9 Å². The minimum atomic E-state index is -3.56. The number of aliphatic hydroxyl groups is 1. The van der Waals surface area contributed by atoms with Gasteiger partial charge in [0.05, 0.1) is 29.2 Å². The Balaban J connectivity index is 1.22. The van der Waals surface area contributed by atoms with Gasteiger partial charge in [-0.2, -0.15) is 0 Å². The summed E-state index contributed by atoms with van der Waals surface area (Å²) < 4.78 is 30.4. The Kier molecular flexibility index (Phi) is 8.54. The van der Waals surface area contributed by atoms with Crippen molar-refractivity contribution < 1.29 is 28.2 Å². The van der Waals surface area contributed by atoms with Crippen LogP contribution in [0.25, 0.3) is 0 Å². The number of sulfonamides is 1. The molecular formula is C33H41ClN2O6S. The first-order valence-corrected chi connectivity index (χ1v) is 17.4. The van der Waals surface area contributed by atoms with Crippen molar-refractivity contribution in [2.45, 2.75) is 74.6 Å². The van der Waals surface area contributed by atoms with Crippen molar-refractivity contribution in [3.8, 4) is 5.75 Å². The molecule has 3 aliphatic carbocycles. The highest BCUT2D eigenvalue weighted by molar-refractivity contribution is 7.89. The molecule has 0 bridgehead atoms. The third-order valence-electron chi connectivity index (χ3n) is 10.4. The lowest BCUT2D eigenvalue weighted by molar-refractivity contribution is 0.0455. The number of rotatable bonds is 8. The predicted octanol–water partition coefficient (Wildman–Crippen LogP) is 5.30. The van der Waals surface area contributed by atoms with E-state index in [-0.39, 0.29) is 28.7 Å². The van der Waals surface area contributed by atoms with Gasteiger partial charge in [0, 0.05) is 23.5 Å². The summed E-state index contributed by atoms with van der Waals surface area (Å²) in [6.07, 6.45) is 10.8. The Morgan fingerprint density at radius 1 is 1.14 bits per heavy atom. The molecule has 2 aromatic rings. The van der Waals surface area contributed by atoms with Crippen molar-refractivity contribution in [3.05, 3.63) is 70.3 Å². The number of anilines is 1. The van der Waals surface area contributed by atoms with E-state index in [0.29, 0.717) is 38.3 Å². The summed E-state index contributed by atoms with van der Waals surface area (Å²) in [6.45, 7) is 1.86. The molecule has 0 radical (unpaired) electrons. The molecule has 1 heterocycles. The van der Waals surface area contributed by atoms with E-state index in [1.54, 1.807) is 18.2 Å². The van der Waals surface area contributed by atoms with Gasteiger partial charge >= 0.3 is 5.97 Å². The van der Waals surface area contributed by atoms with E-state index in [0.717, 1.165) is 55.7 Å². The molecule has 43 heavy (non-hydrogen) atoms. The third-order valence-corrected chi connectivity index (χ3v) is 12.1. The molecular weight excluding hydrogens is 588 g/mol. The van der Waals surface area contributed by atoms with Gasteiger partial charge in [0.2, 0.25) is 10.0 Å². The third kappa shape index (κ3) is 6.19. The Hall–Kier alpha value is -2.59. The van der Waals surface area contributed by atoms with Crippen LogP contribution in [0.15, 0.2) is 48.6 Å². The Morgan fingerprint density at radius 3 is 2.72 bits per heavy atom. The van der Waals surface area contributed by atoms with Gasteiger partial charge in [-0.25, -0.2) is 18.4 Å². The zero-order valence-electron chi connectivity index (χ0n) is 24.3. The van der Waals surface area contributed by atoms with Crippen molar-refractivity contribution in [3.63, 3.8) is 0 Å². The van der Waals surface area contributed by atoms with E-state index in [1.807, 2.05) is 18.2 Å². The van der Waals surface area contributed by atoms with E-state index in [9.17, 15) is 23.4 Å². The van der Waals surface area contributed by atoms with Crippen molar-refractivity contribution >= 4 is 33.3 Å². The molecule has 8 nitrogen and oxygen atoms in total. The Bertz CT molecular complexity index is 1510. The Labute approximate surface area is 258 Å². The fourth-order valence-electron chi connectivity index (χ4n) is 8.04. The van der Waals surface area contributed by atoms with Crippen LogP contribution < -0.4 is 14.8 Å². The molecule has 4 aliphatic rings. The summed E-state index contributed by atoms with van der Waals surface area (Å²) in [6, 6.07) is 11.2. The highest BCUT2D eigenvalue weighted by Crippen LogP contribution is 2.46. The number of allylic oxidation sites excluding steroid dienone is 1. The number of aliphatic hydroxyl groups excluding tert-OH is 1. The van der Waals surface area contributed by atoms with E-state index in [4.69, 9.17) is 21.5 Å². The van der Waals surface area contributed by atoms with E-state index in [1.165, 1.54) is 11.1 Å². The molecule has 2 aromatic carbocycles. The molecule has 6 rings (SSSR count). The molecule has 1 spiro atoms. The van der Waals surface area contributed by atoms with Crippen LogP contribution in [0.5, 0.6) is 5.75 Å². The van der Waals surface area contributed by atoms with Gasteiger partial charge in [0.15, 0.2) is 0 Å². The molecule has 1 unspecified atom stereocenters. The van der Waals surface area contributed by atoms with Gasteiger partial charge in [0.25, 0.3) is 0 Å². The van der Waals surface area contributed by atoms with Gasteiger partial charge in [0.1, 0.15) is 5.75 Å².